The molecule has 2 aliphatic rings. The SMILES string of the molecule is OC(O)=c1cccc2c1=CC(=CCCN1CCC(O)(c3ccc(F)cc3)CC1)c1cccnc1O2. The van der Waals surface area contributed by atoms with E-state index in [-0.39, 0.29) is 11.0 Å². The van der Waals surface area contributed by atoms with Crippen molar-refractivity contribution in [3.05, 3.63) is 94.3 Å². The smallest absolute Gasteiger partial charge is 0.282 e. The van der Waals surface area contributed by atoms with Crippen LogP contribution in [-0.2, 0) is 5.60 Å². The fraction of sp³-hybridized carbons (Fsp3) is 0.250. The topological polar surface area (TPSA) is 86.1 Å². The summed E-state index contributed by atoms with van der Waals surface area (Å²) in [6.07, 6.45) is 7.59. The number of allylic oxidation sites excluding steroid dienone is 1. The number of benzene rings is 2. The Morgan fingerprint density at radius 1 is 1.06 bits per heavy atom. The second-order valence-corrected chi connectivity index (χ2v) is 8.97. The lowest BCUT2D eigenvalue weighted by Gasteiger charge is -2.38. The van der Waals surface area contributed by atoms with Crippen LogP contribution >= 0.6 is 0 Å². The van der Waals surface area contributed by atoms with Gasteiger partial charge in [0, 0.05) is 36.6 Å². The van der Waals surface area contributed by atoms with Gasteiger partial charge in [-0.1, -0.05) is 24.3 Å². The average Bonchev–Trinajstić information content (AvgIpc) is 3.02. The molecular weight excluding hydrogens is 447 g/mol. The average molecular weight is 475 g/mol. The van der Waals surface area contributed by atoms with Gasteiger partial charge in [0.05, 0.1) is 10.8 Å². The molecule has 180 valence electrons. The molecular formula is C28H27FN2O4. The minimum atomic E-state index is -0.928. The van der Waals surface area contributed by atoms with Crippen molar-refractivity contribution in [2.24, 2.45) is 0 Å². The summed E-state index contributed by atoms with van der Waals surface area (Å²) in [6.45, 7) is 2.28. The summed E-state index contributed by atoms with van der Waals surface area (Å²) in [6, 6.07) is 15.0. The van der Waals surface area contributed by atoms with Gasteiger partial charge in [-0.3, -0.25) is 0 Å². The number of aromatic nitrogens is 1. The van der Waals surface area contributed by atoms with Crippen molar-refractivity contribution in [1.82, 2.24) is 9.88 Å². The van der Waals surface area contributed by atoms with Crippen molar-refractivity contribution in [3.8, 4) is 11.6 Å². The quantitative estimate of drug-likeness (QED) is 0.534. The van der Waals surface area contributed by atoms with E-state index in [2.05, 4.69) is 16.0 Å². The Bertz CT molecular complexity index is 1370. The van der Waals surface area contributed by atoms with E-state index in [9.17, 15) is 19.7 Å². The van der Waals surface area contributed by atoms with E-state index >= 15 is 0 Å². The molecule has 5 rings (SSSR count). The van der Waals surface area contributed by atoms with Crippen LogP contribution < -0.4 is 15.2 Å². The summed E-state index contributed by atoms with van der Waals surface area (Å²) in [5.41, 5.74) is 1.55. The summed E-state index contributed by atoms with van der Waals surface area (Å²) in [5.74, 6) is -0.0997. The van der Waals surface area contributed by atoms with Gasteiger partial charge >= 0.3 is 0 Å². The number of ether oxygens (including phenoxy) is 1. The van der Waals surface area contributed by atoms with E-state index in [1.165, 1.54) is 12.1 Å². The molecule has 0 saturated carbocycles. The fourth-order valence-electron chi connectivity index (χ4n) is 4.77. The number of piperidine rings is 1. The summed E-state index contributed by atoms with van der Waals surface area (Å²) < 4.78 is 19.3. The Hall–Kier alpha value is -3.68. The molecule has 3 aromatic rings. The molecule has 35 heavy (non-hydrogen) atoms. The molecule has 1 fully saturated rings. The van der Waals surface area contributed by atoms with E-state index in [0.717, 1.165) is 42.8 Å². The molecule has 2 aromatic carbocycles. The first kappa shape index (κ1) is 23.1. The number of hydrogen-bond acceptors (Lipinski definition) is 6. The number of pyridine rings is 1. The Labute approximate surface area is 202 Å². The predicted octanol–water partition coefficient (Wildman–Crippen LogP) is 3.75. The second kappa shape index (κ2) is 9.52. The maximum atomic E-state index is 13.3. The van der Waals surface area contributed by atoms with Gasteiger partial charge in [0.1, 0.15) is 11.6 Å². The molecule has 7 heteroatoms. The van der Waals surface area contributed by atoms with Crippen LogP contribution in [0.2, 0.25) is 0 Å². The van der Waals surface area contributed by atoms with Crippen LogP contribution in [0.1, 0.15) is 30.4 Å². The van der Waals surface area contributed by atoms with Gasteiger partial charge in [0.25, 0.3) is 5.95 Å². The molecule has 0 atom stereocenters. The molecule has 0 unspecified atom stereocenters. The van der Waals surface area contributed by atoms with Crippen molar-refractivity contribution in [3.63, 3.8) is 0 Å². The van der Waals surface area contributed by atoms with Crippen molar-refractivity contribution >= 4 is 17.6 Å². The van der Waals surface area contributed by atoms with Crippen LogP contribution in [0.25, 0.3) is 17.6 Å². The Morgan fingerprint density at radius 2 is 1.83 bits per heavy atom. The first-order valence-electron chi connectivity index (χ1n) is 11.7. The van der Waals surface area contributed by atoms with E-state index in [4.69, 9.17) is 4.74 Å². The highest BCUT2D eigenvalue weighted by Crippen LogP contribution is 2.33. The normalized spacial score (nSPS) is 18.1. The van der Waals surface area contributed by atoms with Gasteiger partial charge in [0.2, 0.25) is 5.88 Å². The van der Waals surface area contributed by atoms with Gasteiger partial charge in [0.15, 0.2) is 0 Å². The third kappa shape index (κ3) is 4.78. The van der Waals surface area contributed by atoms with Crippen molar-refractivity contribution in [1.29, 1.82) is 0 Å². The van der Waals surface area contributed by atoms with Gasteiger partial charge in [-0.2, -0.15) is 0 Å². The zero-order valence-electron chi connectivity index (χ0n) is 19.2. The van der Waals surface area contributed by atoms with Crippen molar-refractivity contribution < 1.29 is 24.4 Å². The number of hydrogen-bond donors (Lipinski definition) is 3. The molecule has 1 saturated heterocycles. The molecule has 1 aromatic heterocycles. The molecule has 0 aliphatic carbocycles. The zero-order chi connectivity index (χ0) is 24.4. The lowest BCUT2D eigenvalue weighted by atomic mass is 9.84. The maximum absolute atomic E-state index is 13.3. The summed E-state index contributed by atoms with van der Waals surface area (Å²) in [5, 5.41) is 31.5. The lowest BCUT2D eigenvalue weighted by Crippen LogP contribution is -2.42. The number of aliphatic hydroxyl groups is 3. The first-order chi connectivity index (χ1) is 16.9. The maximum Gasteiger partial charge on any atom is 0.282 e. The minimum absolute atomic E-state index is 0.289. The highest BCUT2D eigenvalue weighted by molar-refractivity contribution is 5.91. The third-order valence-corrected chi connectivity index (χ3v) is 6.77. The van der Waals surface area contributed by atoms with E-state index in [0.29, 0.717) is 29.7 Å². The third-order valence-electron chi connectivity index (χ3n) is 6.77. The molecule has 0 spiro atoms. The highest BCUT2D eigenvalue weighted by atomic mass is 19.1. The molecule has 6 nitrogen and oxygen atoms in total. The molecule has 2 aliphatic heterocycles. The number of halogens is 1. The first-order valence-corrected chi connectivity index (χ1v) is 11.7. The predicted molar refractivity (Wildman–Crippen MR) is 132 cm³/mol. The van der Waals surface area contributed by atoms with Crippen LogP contribution in [0, 0.1) is 5.82 Å². The summed E-state index contributed by atoms with van der Waals surface area (Å²) in [7, 11) is 0. The number of rotatable bonds is 4. The second-order valence-electron chi connectivity index (χ2n) is 8.97. The molecule has 0 radical (unpaired) electrons. The summed E-state index contributed by atoms with van der Waals surface area (Å²) in [4.78, 5) is 6.68. The molecule has 3 heterocycles. The van der Waals surface area contributed by atoms with Crippen LogP contribution in [0.5, 0.6) is 11.6 Å². The van der Waals surface area contributed by atoms with E-state index < -0.39 is 11.5 Å². The Balaban J connectivity index is 1.35. The van der Waals surface area contributed by atoms with E-state index in [1.807, 2.05) is 18.2 Å². The number of aliphatic hydroxyl groups excluding tert-OH is 1. The van der Waals surface area contributed by atoms with Gasteiger partial charge in [-0.25, -0.2) is 9.37 Å². The van der Waals surface area contributed by atoms with Crippen LogP contribution in [-0.4, -0.2) is 44.8 Å². The fourth-order valence-corrected chi connectivity index (χ4v) is 4.77. The Morgan fingerprint density at radius 3 is 2.57 bits per heavy atom. The van der Waals surface area contributed by atoms with Gasteiger partial charge in [-0.05, 0) is 72.9 Å². The van der Waals surface area contributed by atoms with Crippen molar-refractivity contribution in [2.75, 3.05) is 19.6 Å². The Kier molecular flexibility index (Phi) is 6.28. The molecule has 0 amide bonds. The number of fused-ring (bicyclic) bond motifs is 2. The minimum Gasteiger partial charge on any atom is -0.481 e. The lowest BCUT2D eigenvalue weighted by molar-refractivity contribution is -0.0254. The van der Waals surface area contributed by atoms with Crippen LogP contribution in [0.3, 0.4) is 0 Å². The molecule has 0 bridgehead atoms. The van der Waals surface area contributed by atoms with Crippen molar-refractivity contribution in [2.45, 2.75) is 24.9 Å². The standard InChI is InChI=1S/C28H27FN2O4/c29-21-10-8-20(9-11-21)28(34)12-16-31(17-13-28)15-3-4-19-18-24-23(27(32)33)5-1-7-25(24)35-26-22(19)6-2-14-30-26/h1-2,4-11,14,18,32-34H,3,12-13,15-17H2. The number of nitrogens with zero attached hydrogens (tertiary/aromatic N) is 2. The highest BCUT2D eigenvalue weighted by Gasteiger charge is 2.33. The largest absolute Gasteiger partial charge is 0.481 e. The summed E-state index contributed by atoms with van der Waals surface area (Å²) >= 11 is 0. The number of likely N-dealkylation sites (tertiary alicyclic amines) is 1. The van der Waals surface area contributed by atoms with Crippen LogP contribution in [0.4, 0.5) is 4.39 Å². The van der Waals surface area contributed by atoms with E-state index in [1.54, 1.807) is 36.5 Å². The zero-order valence-corrected chi connectivity index (χ0v) is 19.2. The van der Waals surface area contributed by atoms with Gasteiger partial charge < -0.3 is 25.0 Å². The van der Waals surface area contributed by atoms with Gasteiger partial charge in [-0.15, -0.1) is 0 Å². The molecule has 3 N–H and O–H groups in total. The van der Waals surface area contributed by atoms with Crippen LogP contribution in [0.15, 0.2) is 66.9 Å². The monoisotopic (exact) mass is 474 g/mol.